The SMILES string of the molecule is CCCCCCCCN=C1OC(=O)c2ccccc21. The number of carbonyl (C=O) groups excluding carboxylic acids is 1. The number of cyclic esters (lactones) is 1. The molecule has 0 aromatic heterocycles. The van der Waals surface area contributed by atoms with Crippen molar-refractivity contribution in [3.63, 3.8) is 0 Å². The van der Waals surface area contributed by atoms with E-state index in [1.807, 2.05) is 18.2 Å². The molecule has 19 heavy (non-hydrogen) atoms. The van der Waals surface area contributed by atoms with Crippen LogP contribution in [0.25, 0.3) is 0 Å². The summed E-state index contributed by atoms with van der Waals surface area (Å²) in [6.07, 6.45) is 7.44. The van der Waals surface area contributed by atoms with E-state index in [0.717, 1.165) is 18.5 Å². The maximum absolute atomic E-state index is 11.6. The lowest BCUT2D eigenvalue weighted by molar-refractivity contribution is 0.0736. The third-order valence-corrected chi connectivity index (χ3v) is 3.33. The van der Waals surface area contributed by atoms with Crippen molar-refractivity contribution in [2.75, 3.05) is 6.54 Å². The molecule has 0 saturated heterocycles. The monoisotopic (exact) mass is 259 g/mol. The van der Waals surface area contributed by atoms with E-state index >= 15 is 0 Å². The summed E-state index contributed by atoms with van der Waals surface area (Å²) in [5.41, 5.74) is 1.46. The van der Waals surface area contributed by atoms with E-state index in [0.29, 0.717) is 11.5 Å². The fraction of sp³-hybridized carbons (Fsp3) is 0.500. The van der Waals surface area contributed by atoms with Crippen LogP contribution in [0.1, 0.15) is 61.4 Å². The Balaban J connectivity index is 1.80. The summed E-state index contributed by atoms with van der Waals surface area (Å²) >= 11 is 0. The second-order valence-corrected chi connectivity index (χ2v) is 4.89. The molecule has 102 valence electrons. The third kappa shape index (κ3) is 3.66. The number of esters is 1. The Labute approximate surface area is 114 Å². The Kier molecular flexibility index (Phi) is 5.13. The van der Waals surface area contributed by atoms with Crippen molar-refractivity contribution >= 4 is 11.9 Å². The summed E-state index contributed by atoms with van der Waals surface area (Å²) in [5, 5.41) is 0. The van der Waals surface area contributed by atoms with E-state index in [2.05, 4.69) is 11.9 Å². The largest absolute Gasteiger partial charge is 0.404 e. The van der Waals surface area contributed by atoms with E-state index in [1.54, 1.807) is 6.07 Å². The molecule has 0 bridgehead atoms. The Hall–Kier alpha value is -1.64. The summed E-state index contributed by atoms with van der Waals surface area (Å²) in [6, 6.07) is 7.42. The van der Waals surface area contributed by atoms with Gasteiger partial charge in [-0.3, -0.25) is 4.99 Å². The van der Waals surface area contributed by atoms with E-state index < -0.39 is 0 Å². The molecule has 0 spiro atoms. The van der Waals surface area contributed by atoms with Crippen LogP contribution < -0.4 is 0 Å². The lowest BCUT2D eigenvalue weighted by Crippen LogP contribution is -2.01. The molecule has 0 N–H and O–H groups in total. The highest BCUT2D eigenvalue weighted by atomic mass is 16.5. The quantitative estimate of drug-likeness (QED) is 0.549. The van der Waals surface area contributed by atoms with Crippen LogP contribution in [0.2, 0.25) is 0 Å². The number of hydrogen-bond acceptors (Lipinski definition) is 3. The zero-order valence-electron chi connectivity index (χ0n) is 11.5. The molecule has 2 rings (SSSR count). The van der Waals surface area contributed by atoms with Gasteiger partial charge in [-0.2, -0.15) is 0 Å². The molecule has 0 amide bonds. The van der Waals surface area contributed by atoms with Crippen molar-refractivity contribution in [2.24, 2.45) is 4.99 Å². The van der Waals surface area contributed by atoms with Gasteiger partial charge >= 0.3 is 5.97 Å². The number of rotatable bonds is 7. The molecular formula is C16H21NO2. The lowest BCUT2D eigenvalue weighted by Gasteiger charge is -1.99. The first kappa shape index (κ1) is 13.8. The smallest absolute Gasteiger partial charge is 0.345 e. The Morgan fingerprint density at radius 3 is 2.47 bits per heavy atom. The maximum atomic E-state index is 11.6. The number of nitrogens with zero attached hydrogens (tertiary/aromatic N) is 1. The van der Waals surface area contributed by atoms with Gasteiger partial charge in [0.25, 0.3) is 0 Å². The average Bonchev–Trinajstić information content (AvgIpc) is 2.75. The Bertz CT molecular complexity index is 466. The molecule has 3 nitrogen and oxygen atoms in total. The topological polar surface area (TPSA) is 38.7 Å². The van der Waals surface area contributed by atoms with Gasteiger partial charge in [-0.05, 0) is 18.6 Å². The molecule has 0 unspecified atom stereocenters. The summed E-state index contributed by atoms with van der Waals surface area (Å²) < 4.78 is 5.19. The highest BCUT2D eigenvalue weighted by molar-refractivity contribution is 6.16. The number of carbonyl (C=O) groups is 1. The number of benzene rings is 1. The van der Waals surface area contributed by atoms with Crippen molar-refractivity contribution < 1.29 is 9.53 Å². The van der Waals surface area contributed by atoms with E-state index in [1.165, 1.54) is 32.1 Å². The van der Waals surface area contributed by atoms with Gasteiger partial charge < -0.3 is 4.74 Å². The van der Waals surface area contributed by atoms with Crippen LogP contribution in [0.15, 0.2) is 29.3 Å². The number of hydrogen-bond donors (Lipinski definition) is 0. The molecule has 0 atom stereocenters. The molecule has 1 aromatic rings. The molecule has 0 radical (unpaired) electrons. The molecule has 1 aliphatic rings. The van der Waals surface area contributed by atoms with Crippen LogP contribution in [0.4, 0.5) is 0 Å². The van der Waals surface area contributed by atoms with Crippen LogP contribution in [0, 0.1) is 0 Å². The minimum atomic E-state index is -0.280. The maximum Gasteiger partial charge on any atom is 0.345 e. The minimum absolute atomic E-state index is 0.280. The summed E-state index contributed by atoms with van der Waals surface area (Å²) in [7, 11) is 0. The van der Waals surface area contributed by atoms with Crippen molar-refractivity contribution in [3.05, 3.63) is 35.4 Å². The predicted molar refractivity (Wildman–Crippen MR) is 76.6 cm³/mol. The van der Waals surface area contributed by atoms with Crippen molar-refractivity contribution in [2.45, 2.75) is 45.4 Å². The first-order chi connectivity index (χ1) is 9.33. The van der Waals surface area contributed by atoms with Crippen molar-refractivity contribution in [1.29, 1.82) is 0 Å². The summed E-state index contributed by atoms with van der Waals surface area (Å²) in [4.78, 5) is 16.0. The average molecular weight is 259 g/mol. The van der Waals surface area contributed by atoms with Crippen molar-refractivity contribution in [3.8, 4) is 0 Å². The molecule has 1 heterocycles. The fourth-order valence-corrected chi connectivity index (χ4v) is 2.24. The highest BCUT2D eigenvalue weighted by Crippen LogP contribution is 2.20. The second kappa shape index (κ2) is 7.07. The zero-order chi connectivity index (χ0) is 13.5. The normalized spacial score (nSPS) is 15.6. The summed E-state index contributed by atoms with van der Waals surface area (Å²) in [6.45, 7) is 2.96. The highest BCUT2D eigenvalue weighted by Gasteiger charge is 2.26. The van der Waals surface area contributed by atoms with E-state index in [-0.39, 0.29) is 5.97 Å². The summed E-state index contributed by atoms with van der Waals surface area (Å²) in [5.74, 6) is 0.214. The van der Waals surface area contributed by atoms with Crippen molar-refractivity contribution in [1.82, 2.24) is 0 Å². The molecule has 1 aromatic carbocycles. The molecule has 0 saturated carbocycles. The Morgan fingerprint density at radius 2 is 1.68 bits per heavy atom. The van der Waals surface area contributed by atoms with Gasteiger partial charge in [-0.1, -0.05) is 51.2 Å². The number of ether oxygens (including phenoxy) is 1. The van der Waals surface area contributed by atoms with Crippen LogP contribution in [-0.4, -0.2) is 18.4 Å². The molecular weight excluding hydrogens is 238 g/mol. The molecule has 1 aliphatic heterocycles. The van der Waals surface area contributed by atoms with Gasteiger partial charge in [0.15, 0.2) is 0 Å². The van der Waals surface area contributed by atoms with Gasteiger partial charge in [0.05, 0.1) is 11.1 Å². The van der Waals surface area contributed by atoms with Gasteiger partial charge in [-0.15, -0.1) is 0 Å². The van der Waals surface area contributed by atoms with E-state index in [9.17, 15) is 4.79 Å². The predicted octanol–water partition coefficient (Wildman–Crippen LogP) is 3.96. The minimum Gasteiger partial charge on any atom is -0.404 e. The third-order valence-electron chi connectivity index (χ3n) is 3.33. The van der Waals surface area contributed by atoms with Crippen LogP contribution in [0.5, 0.6) is 0 Å². The van der Waals surface area contributed by atoms with Gasteiger partial charge in [-0.25, -0.2) is 4.79 Å². The number of unbranched alkanes of at least 4 members (excludes halogenated alkanes) is 5. The Morgan fingerprint density at radius 1 is 1.00 bits per heavy atom. The second-order valence-electron chi connectivity index (χ2n) is 4.89. The van der Waals surface area contributed by atoms with Crippen LogP contribution in [-0.2, 0) is 4.74 Å². The lowest BCUT2D eigenvalue weighted by atomic mass is 10.1. The molecule has 0 fully saturated rings. The first-order valence-electron chi connectivity index (χ1n) is 7.19. The van der Waals surface area contributed by atoms with E-state index in [4.69, 9.17) is 4.74 Å². The number of aliphatic imine (C=N–C) groups is 1. The molecule has 0 aliphatic carbocycles. The van der Waals surface area contributed by atoms with Gasteiger partial charge in [0, 0.05) is 6.54 Å². The van der Waals surface area contributed by atoms with Crippen LogP contribution >= 0.6 is 0 Å². The van der Waals surface area contributed by atoms with Gasteiger partial charge in [0.1, 0.15) is 0 Å². The molecule has 3 heteroatoms. The fourth-order valence-electron chi connectivity index (χ4n) is 2.24. The first-order valence-corrected chi connectivity index (χ1v) is 7.19. The number of fused-ring (bicyclic) bond motifs is 1. The van der Waals surface area contributed by atoms with Crippen LogP contribution in [0.3, 0.4) is 0 Å². The standard InChI is InChI=1S/C16H21NO2/c1-2-3-4-5-6-9-12-17-15-13-10-7-8-11-14(13)16(18)19-15/h7-8,10-11H,2-6,9,12H2,1H3. The zero-order valence-corrected chi connectivity index (χ0v) is 11.5. The van der Waals surface area contributed by atoms with Gasteiger partial charge in [0.2, 0.25) is 5.90 Å².